The second kappa shape index (κ2) is 5.48. The van der Waals surface area contributed by atoms with Crippen molar-refractivity contribution in [3.05, 3.63) is 36.0 Å². The van der Waals surface area contributed by atoms with Crippen LogP contribution in [0.15, 0.2) is 24.8 Å². The van der Waals surface area contributed by atoms with E-state index in [0.29, 0.717) is 6.04 Å². The van der Waals surface area contributed by atoms with E-state index in [1.54, 1.807) is 12.5 Å². The maximum atomic E-state index is 4.53. The molecule has 0 amide bonds. The summed E-state index contributed by atoms with van der Waals surface area (Å²) < 4.78 is 1.96. The fraction of sp³-hybridized carbons (Fsp3) is 0.500. The molecule has 2 aromatic heterocycles. The summed E-state index contributed by atoms with van der Waals surface area (Å²) in [5.41, 5.74) is 2.63. The topological polar surface area (TPSA) is 55.6 Å². The zero-order valence-electron chi connectivity index (χ0n) is 11.2. The summed E-state index contributed by atoms with van der Waals surface area (Å²) in [5.74, 6) is 0.855. The van der Waals surface area contributed by atoms with Gasteiger partial charge in [0.25, 0.3) is 0 Å². The Morgan fingerprint density at radius 1 is 1.42 bits per heavy atom. The molecule has 1 atom stereocenters. The molecule has 0 fully saturated rings. The van der Waals surface area contributed by atoms with Crippen molar-refractivity contribution in [1.29, 1.82) is 0 Å². The summed E-state index contributed by atoms with van der Waals surface area (Å²) in [4.78, 5) is 8.27. The van der Waals surface area contributed by atoms with E-state index in [1.807, 2.05) is 16.9 Å². The molecule has 0 radical (unpaired) electrons. The average molecular weight is 257 g/mol. The van der Waals surface area contributed by atoms with E-state index in [2.05, 4.69) is 27.3 Å². The zero-order chi connectivity index (χ0) is 13.1. The summed E-state index contributed by atoms with van der Waals surface area (Å²) >= 11 is 0. The second-order valence-corrected chi connectivity index (χ2v) is 4.88. The number of fused-ring (bicyclic) bond motifs is 1. The molecular weight excluding hydrogens is 238 g/mol. The van der Waals surface area contributed by atoms with Crippen molar-refractivity contribution >= 4 is 0 Å². The van der Waals surface area contributed by atoms with Gasteiger partial charge < -0.3 is 5.32 Å². The smallest absolute Gasteiger partial charge is 0.156 e. The molecular formula is C14H19N5. The summed E-state index contributed by atoms with van der Waals surface area (Å²) in [6.07, 6.45) is 10.1. The molecule has 19 heavy (non-hydrogen) atoms. The molecule has 2 aromatic rings. The van der Waals surface area contributed by atoms with Crippen molar-refractivity contribution in [2.75, 3.05) is 6.54 Å². The Balaban J connectivity index is 2.01. The van der Waals surface area contributed by atoms with E-state index in [0.717, 1.165) is 18.8 Å². The van der Waals surface area contributed by atoms with E-state index >= 15 is 0 Å². The molecule has 5 nitrogen and oxygen atoms in total. The first-order valence-electron chi connectivity index (χ1n) is 6.96. The Morgan fingerprint density at radius 2 is 2.37 bits per heavy atom. The number of rotatable bonds is 3. The molecule has 5 heteroatoms. The van der Waals surface area contributed by atoms with Gasteiger partial charge in [0.1, 0.15) is 6.33 Å². The quantitative estimate of drug-likeness (QED) is 0.855. The second-order valence-electron chi connectivity index (χ2n) is 4.88. The molecule has 100 valence electrons. The van der Waals surface area contributed by atoms with E-state index < -0.39 is 0 Å². The van der Waals surface area contributed by atoms with Crippen molar-refractivity contribution in [3.8, 4) is 5.82 Å². The largest absolute Gasteiger partial charge is 0.310 e. The normalized spacial score (nSPS) is 18.9. The highest BCUT2D eigenvalue weighted by Gasteiger charge is 2.22. The maximum Gasteiger partial charge on any atom is 0.156 e. The number of nitrogens with one attached hydrogen (secondary N) is 1. The summed E-state index contributed by atoms with van der Waals surface area (Å²) in [7, 11) is 0. The first-order chi connectivity index (χ1) is 9.40. The van der Waals surface area contributed by atoms with Crippen molar-refractivity contribution in [3.63, 3.8) is 0 Å². The Kier molecular flexibility index (Phi) is 3.55. The van der Waals surface area contributed by atoms with Crippen LogP contribution >= 0.6 is 0 Å². The van der Waals surface area contributed by atoms with Crippen LogP contribution in [0.2, 0.25) is 0 Å². The summed E-state index contributed by atoms with van der Waals surface area (Å²) in [5, 5.41) is 8.09. The monoisotopic (exact) mass is 257 g/mol. The van der Waals surface area contributed by atoms with Crippen LogP contribution in [0.25, 0.3) is 5.82 Å². The lowest BCUT2D eigenvalue weighted by Gasteiger charge is -2.15. The zero-order valence-corrected chi connectivity index (χ0v) is 11.2. The first kappa shape index (κ1) is 12.3. The predicted octanol–water partition coefficient (Wildman–Crippen LogP) is 2.04. The molecule has 3 rings (SSSR count). The summed E-state index contributed by atoms with van der Waals surface area (Å²) in [6.45, 7) is 3.14. The van der Waals surface area contributed by atoms with Gasteiger partial charge in [-0.05, 0) is 25.8 Å². The number of nitrogens with zero attached hydrogens (tertiary/aromatic N) is 4. The van der Waals surface area contributed by atoms with Gasteiger partial charge in [-0.2, -0.15) is 5.10 Å². The highest BCUT2D eigenvalue weighted by molar-refractivity contribution is 5.31. The van der Waals surface area contributed by atoms with Gasteiger partial charge in [0.15, 0.2) is 5.82 Å². The third-order valence-corrected chi connectivity index (χ3v) is 3.67. The van der Waals surface area contributed by atoms with E-state index in [4.69, 9.17) is 0 Å². The van der Waals surface area contributed by atoms with Gasteiger partial charge in [-0.1, -0.05) is 13.3 Å². The van der Waals surface area contributed by atoms with Gasteiger partial charge >= 0.3 is 0 Å². The van der Waals surface area contributed by atoms with Crippen LogP contribution in [0.3, 0.4) is 0 Å². The molecule has 1 N–H and O–H groups in total. The number of aromatic nitrogens is 4. The van der Waals surface area contributed by atoms with Crippen molar-refractivity contribution < 1.29 is 0 Å². The molecule has 1 unspecified atom stereocenters. The first-order valence-corrected chi connectivity index (χ1v) is 6.96. The molecule has 0 spiro atoms. The Morgan fingerprint density at radius 3 is 3.16 bits per heavy atom. The highest BCUT2D eigenvalue weighted by Crippen LogP contribution is 2.29. The molecule has 0 aromatic carbocycles. The Bertz CT molecular complexity index is 534. The van der Waals surface area contributed by atoms with Crippen LogP contribution in [0.5, 0.6) is 0 Å². The Hall–Kier alpha value is -1.75. The molecule has 1 aliphatic rings. The minimum atomic E-state index is 0.429. The lowest BCUT2D eigenvalue weighted by Crippen LogP contribution is -2.20. The van der Waals surface area contributed by atoms with Crippen LogP contribution in [-0.2, 0) is 6.42 Å². The molecule has 0 saturated carbocycles. The van der Waals surface area contributed by atoms with Crippen LogP contribution in [0, 0.1) is 0 Å². The average Bonchev–Trinajstić information content (AvgIpc) is 2.77. The lowest BCUT2D eigenvalue weighted by molar-refractivity contribution is 0.503. The van der Waals surface area contributed by atoms with Crippen molar-refractivity contribution in [2.24, 2.45) is 0 Å². The fourth-order valence-corrected chi connectivity index (χ4v) is 2.79. The van der Waals surface area contributed by atoms with Crippen LogP contribution in [-0.4, -0.2) is 26.3 Å². The van der Waals surface area contributed by atoms with Crippen molar-refractivity contribution in [2.45, 2.75) is 38.6 Å². The van der Waals surface area contributed by atoms with Gasteiger partial charge in [0.2, 0.25) is 0 Å². The third kappa shape index (κ3) is 2.38. The van der Waals surface area contributed by atoms with Gasteiger partial charge in [0.05, 0.1) is 11.9 Å². The fourth-order valence-electron chi connectivity index (χ4n) is 2.79. The summed E-state index contributed by atoms with van der Waals surface area (Å²) in [6, 6.07) is 2.33. The number of hydrogen-bond acceptors (Lipinski definition) is 4. The minimum Gasteiger partial charge on any atom is -0.310 e. The predicted molar refractivity (Wildman–Crippen MR) is 73.1 cm³/mol. The van der Waals surface area contributed by atoms with E-state index in [-0.39, 0.29) is 0 Å². The van der Waals surface area contributed by atoms with Crippen LogP contribution < -0.4 is 5.32 Å². The molecule has 1 aliphatic carbocycles. The van der Waals surface area contributed by atoms with E-state index in [9.17, 15) is 0 Å². The van der Waals surface area contributed by atoms with Gasteiger partial charge in [-0.15, -0.1) is 0 Å². The Labute approximate surface area is 113 Å². The van der Waals surface area contributed by atoms with Gasteiger partial charge in [-0.25, -0.2) is 14.6 Å². The van der Waals surface area contributed by atoms with Crippen molar-refractivity contribution in [1.82, 2.24) is 25.1 Å². The minimum absolute atomic E-state index is 0.429. The number of hydrogen-bond donors (Lipinski definition) is 1. The lowest BCUT2D eigenvalue weighted by atomic mass is 10.1. The third-order valence-electron chi connectivity index (χ3n) is 3.67. The maximum absolute atomic E-state index is 4.53. The molecule has 0 aliphatic heterocycles. The SMILES string of the molecule is CCNC1CCCCc2c1cnn2-c1ccncn1. The standard InChI is InChI=1S/C14H19N5/c1-2-16-12-5-3-4-6-13-11(12)9-18-19(13)14-7-8-15-10-17-14/h7-10,12,16H,2-6H2,1H3. The molecule has 0 bridgehead atoms. The molecule has 0 saturated heterocycles. The van der Waals surface area contributed by atoms with E-state index in [1.165, 1.54) is 30.5 Å². The van der Waals surface area contributed by atoms with Crippen LogP contribution in [0.4, 0.5) is 0 Å². The van der Waals surface area contributed by atoms with Gasteiger partial charge in [0, 0.05) is 23.9 Å². The highest BCUT2D eigenvalue weighted by atomic mass is 15.3. The molecule has 2 heterocycles. The van der Waals surface area contributed by atoms with Gasteiger partial charge in [-0.3, -0.25) is 0 Å². The van der Waals surface area contributed by atoms with Crippen LogP contribution in [0.1, 0.15) is 43.5 Å².